The van der Waals surface area contributed by atoms with Gasteiger partial charge in [-0.3, -0.25) is 14.9 Å². The van der Waals surface area contributed by atoms with Crippen molar-refractivity contribution < 1.29 is 18.1 Å². The number of nitrogens with zero attached hydrogens (tertiary/aromatic N) is 3. The van der Waals surface area contributed by atoms with Crippen LogP contribution in [0.2, 0.25) is 0 Å². The predicted molar refractivity (Wildman–Crippen MR) is 115 cm³/mol. The molecule has 2 aromatic carbocycles. The summed E-state index contributed by atoms with van der Waals surface area (Å²) in [4.78, 5) is 30.9. The highest BCUT2D eigenvalue weighted by Gasteiger charge is 2.17. The molecule has 0 atom stereocenters. The van der Waals surface area contributed by atoms with E-state index in [-0.39, 0.29) is 22.1 Å². The third-order valence-corrected chi connectivity index (χ3v) is 5.63. The van der Waals surface area contributed by atoms with Crippen molar-refractivity contribution in [1.29, 1.82) is 0 Å². The SMILES string of the molecule is Cc1cc(C)nc(NS(=O)(=O)c2ccc(NC(=O)c3ccc([N+](=O)[O-])c(C)c3)cc2)n1. The summed E-state index contributed by atoms with van der Waals surface area (Å²) in [7, 11) is -3.91. The minimum atomic E-state index is -3.91. The molecule has 0 aliphatic rings. The topological polar surface area (TPSA) is 144 Å². The lowest BCUT2D eigenvalue weighted by molar-refractivity contribution is -0.385. The molecule has 160 valence electrons. The molecular formula is C20H19N5O5S. The first-order valence-corrected chi connectivity index (χ1v) is 10.5. The van der Waals surface area contributed by atoms with Crippen LogP contribution in [0.3, 0.4) is 0 Å². The largest absolute Gasteiger partial charge is 0.322 e. The lowest BCUT2D eigenvalue weighted by Crippen LogP contribution is -2.16. The van der Waals surface area contributed by atoms with E-state index in [0.29, 0.717) is 22.6 Å². The summed E-state index contributed by atoms with van der Waals surface area (Å²) < 4.78 is 27.5. The molecule has 10 nitrogen and oxygen atoms in total. The monoisotopic (exact) mass is 441 g/mol. The van der Waals surface area contributed by atoms with E-state index < -0.39 is 20.9 Å². The molecule has 11 heteroatoms. The zero-order chi connectivity index (χ0) is 22.8. The van der Waals surface area contributed by atoms with Crippen LogP contribution in [-0.2, 0) is 10.0 Å². The van der Waals surface area contributed by atoms with Crippen LogP contribution >= 0.6 is 0 Å². The van der Waals surface area contributed by atoms with Crippen molar-refractivity contribution in [3.63, 3.8) is 0 Å². The lowest BCUT2D eigenvalue weighted by Gasteiger charge is -2.10. The molecule has 0 fully saturated rings. The standard InChI is InChI=1S/C20H19N5O5S/c1-12-10-15(4-9-18(12)25(27)28)19(26)23-16-5-7-17(8-6-16)31(29,30)24-20-21-13(2)11-14(3)22-20/h4-11H,1-3H3,(H,23,26)(H,21,22,24). The van der Waals surface area contributed by atoms with E-state index in [1.807, 2.05) is 0 Å². The minimum absolute atomic E-state index is 0.0246. The average molecular weight is 441 g/mol. The van der Waals surface area contributed by atoms with Gasteiger partial charge in [-0.25, -0.2) is 23.1 Å². The molecule has 0 spiro atoms. The average Bonchev–Trinajstić information content (AvgIpc) is 2.66. The third kappa shape index (κ3) is 5.20. The van der Waals surface area contributed by atoms with Crippen molar-refractivity contribution in [2.45, 2.75) is 25.7 Å². The Labute approximate surface area is 178 Å². The molecule has 0 aliphatic carbocycles. The zero-order valence-corrected chi connectivity index (χ0v) is 17.7. The zero-order valence-electron chi connectivity index (χ0n) is 16.9. The molecule has 0 saturated carbocycles. The van der Waals surface area contributed by atoms with Gasteiger partial charge in [0.15, 0.2) is 0 Å². The van der Waals surface area contributed by atoms with Crippen molar-refractivity contribution in [2.24, 2.45) is 0 Å². The molecule has 1 aromatic heterocycles. The van der Waals surface area contributed by atoms with E-state index in [9.17, 15) is 23.3 Å². The van der Waals surface area contributed by atoms with Gasteiger partial charge in [0.05, 0.1) is 9.82 Å². The van der Waals surface area contributed by atoms with Gasteiger partial charge in [-0.05, 0) is 63.2 Å². The summed E-state index contributed by atoms with van der Waals surface area (Å²) in [5.74, 6) is -0.501. The van der Waals surface area contributed by atoms with Gasteiger partial charge < -0.3 is 5.32 Å². The molecule has 0 bridgehead atoms. The molecular weight excluding hydrogens is 422 g/mol. The lowest BCUT2D eigenvalue weighted by atomic mass is 10.1. The first-order valence-electron chi connectivity index (χ1n) is 9.07. The first-order chi connectivity index (χ1) is 14.5. The fourth-order valence-corrected chi connectivity index (χ4v) is 3.82. The fraction of sp³-hybridized carbons (Fsp3) is 0.150. The summed E-state index contributed by atoms with van der Waals surface area (Å²) in [5, 5.41) is 13.5. The van der Waals surface area contributed by atoms with Crippen LogP contribution in [0, 0.1) is 30.9 Å². The summed E-state index contributed by atoms with van der Waals surface area (Å²) in [6.07, 6.45) is 0. The summed E-state index contributed by atoms with van der Waals surface area (Å²) in [5.41, 5.74) is 2.15. The van der Waals surface area contributed by atoms with Crippen LogP contribution in [0.5, 0.6) is 0 Å². The first kappa shape index (κ1) is 21.8. The summed E-state index contributed by atoms with van der Waals surface area (Å²) in [6.45, 7) is 5.01. The van der Waals surface area contributed by atoms with Crippen LogP contribution in [0.25, 0.3) is 0 Å². The summed E-state index contributed by atoms with van der Waals surface area (Å²) in [6, 6.07) is 11.3. The van der Waals surface area contributed by atoms with E-state index >= 15 is 0 Å². The van der Waals surface area contributed by atoms with E-state index in [1.54, 1.807) is 26.8 Å². The highest BCUT2D eigenvalue weighted by molar-refractivity contribution is 7.92. The maximum absolute atomic E-state index is 12.6. The van der Waals surface area contributed by atoms with Crippen molar-refractivity contribution in [2.75, 3.05) is 10.0 Å². The predicted octanol–water partition coefficient (Wildman–Crippen LogP) is 3.36. The van der Waals surface area contributed by atoms with Crippen molar-refractivity contribution >= 4 is 33.3 Å². The number of hydrogen-bond donors (Lipinski definition) is 2. The van der Waals surface area contributed by atoms with Crippen molar-refractivity contribution in [3.05, 3.63) is 81.2 Å². The second-order valence-corrected chi connectivity index (χ2v) is 8.50. The number of nitro benzene ring substituents is 1. The number of amides is 1. The van der Waals surface area contributed by atoms with Gasteiger partial charge in [-0.15, -0.1) is 0 Å². The van der Waals surface area contributed by atoms with E-state index in [0.717, 1.165) is 0 Å². The van der Waals surface area contributed by atoms with Crippen molar-refractivity contribution in [3.8, 4) is 0 Å². The maximum Gasteiger partial charge on any atom is 0.272 e. The molecule has 3 rings (SSSR count). The number of sulfonamides is 1. The van der Waals surface area contributed by atoms with Crippen LogP contribution in [0.15, 0.2) is 53.4 Å². The van der Waals surface area contributed by atoms with Crippen LogP contribution in [-0.4, -0.2) is 29.2 Å². The number of carbonyl (C=O) groups excluding carboxylic acids is 1. The smallest absolute Gasteiger partial charge is 0.272 e. The molecule has 2 N–H and O–H groups in total. The van der Waals surface area contributed by atoms with Gasteiger partial charge in [0, 0.05) is 34.3 Å². The van der Waals surface area contributed by atoms with Gasteiger partial charge >= 0.3 is 0 Å². The molecule has 3 aromatic rings. The molecule has 1 amide bonds. The van der Waals surface area contributed by atoms with Gasteiger partial charge in [0.1, 0.15) is 0 Å². The highest BCUT2D eigenvalue weighted by atomic mass is 32.2. The van der Waals surface area contributed by atoms with Crippen LogP contribution in [0.1, 0.15) is 27.3 Å². The maximum atomic E-state index is 12.6. The quantitative estimate of drug-likeness (QED) is 0.441. The van der Waals surface area contributed by atoms with Crippen molar-refractivity contribution in [1.82, 2.24) is 9.97 Å². The number of anilines is 2. The third-order valence-electron chi connectivity index (χ3n) is 4.29. The van der Waals surface area contributed by atoms with Gasteiger partial charge in [0.2, 0.25) is 5.95 Å². The normalized spacial score (nSPS) is 11.1. The van der Waals surface area contributed by atoms with Gasteiger partial charge in [-0.1, -0.05) is 0 Å². The second-order valence-electron chi connectivity index (χ2n) is 6.82. The second kappa shape index (κ2) is 8.48. The minimum Gasteiger partial charge on any atom is -0.322 e. The Morgan fingerprint density at radius 3 is 2.13 bits per heavy atom. The number of carbonyl (C=O) groups is 1. The Kier molecular flexibility index (Phi) is 5.97. The Morgan fingerprint density at radius 2 is 1.58 bits per heavy atom. The Hall–Kier alpha value is -3.86. The van der Waals surface area contributed by atoms with Crippen LogP contribution < -0.4 is 10.0 Å². The van der Waals surface area contributed by atoms with E-state index in [1.165, 1.54) is 42.5 Å². The molecule has 0 saturated heterocycles. The highest BCUT2D eigenvalue weighted by Crippen LogP contribution is 2.21. The molecule has 0 radical (unpaired) electrons. The molecule has 1 heterocycles. The number of nitrogens with one attached hydrogen (secondary N) is 2. The number of rotatable bonds is 6. The number of hydrogen-bond acceptors (Lipinski definition) is 7. The van der Waals surface area contributed by atoms with Gasteiger partial charge in [0.25, 0.3) is 21.6 Å². The Bertz CT molecular complexity index is 1250. The molecule has 0 aliphatic heterocycles. The number of benzene rings is 2. The Balaban J connectivity index is 1.74. The number of aryl methyl sites for hydroxylation is 3. The fourth-order valence-electron chi connectivity index (χ4n) is 2.87. The van der Waals surface area contributed by atoms with Gasteiger partial charge in [-0.2, -0.15) is 0 Å². The number of aromatic nitrogens is 2. The number of nitro groups is 1. The van der Waals surface area contributed by atoms with Crippen LogP contribution in [0.4, 0.5) is 17.3 Å². The molecule has 31 heavy (non-hydrogen) atoms. The molecule has 0 unspecified atom stereocenters. The van der Waals surface area contributed by atoms with E-state index in [2.05, 4.69) is 20.0 Å². The summed E-state index contributed by atoms with van der Waals surface area (Å²) >= 11 is 0. The van der Waals surface area contributed by atoms with E-state index in [4.69, 9.17) is 0 Å². The Morgan fingerprint density at radius 1 is 0.968 bits per heavy atom.